The Labute approximate surface area is 173 Å². The number of hydrogen-bond acceptors (Lipinski definition) is 3. The Bertz CT molecular complexity index is 788. The lowest BCUT2D eigenvalue weighted by Crippen LogP contribution is -2.27. The third-order valence-electron chi connectivity index (χ3n) is 4.24. The van der Waals surface area contributed by atoms with E-state index in [1.54, 1.807) is 0 Å². The van der Waals surface area contributed by atoms with Gasteiger partial charge in [-0.3, -0.25) is 9.59 Å². The Kier molecular flexibility index (Phi) is 7.96. The van der Waals surface area contributed by atoms with Gasteiger partial charge in [0.15, 0.2) is 6.61 Å². The quantitative estimate of drug-likeness (QED) is 0.554. The van der Waals surface area contributed by atoms with Crippen molar-refractivity contribution in [1.82, 2.24) is 0 Å². The fourth-order valence-corrected chi connectivity index (χ4v) is 3.57. The largest absolute Gasteiger partial charge is 0.455 e. The fourth-order valence-electron chi connectivity index (χ4n) is 2.66. The molecule has 2 unspecified atom stereocenters. The summed E-state index contributed by atoms with van der Waals surface area (Å²) in [5, 5.41) is 3.31. The summed E-state index contributed by atoms with van der Waals surface area (Å²) in [7, 11) is 0. The molecule has 0 saturated heterocycles. The standard InChI is InChI=1S/C20H20Cl3NO3/c1-3-12(2)18(13-7-5-4-6-8-13)20(26)27-11-17(25)24-19-15(22)9-14(21)10-16(19)23/h4-10,12,18H,3,11H2,1-2H3,(H,24,25). The second kappa shape index (κ2) is 9.98. The van der Waals surface area contributed by atoms with E-state index in [4.69, 9.17) is 39.5 Å². The Morgan fingerprint density at radius 2 is 1.67 bits per heavy atom. The number of ether oxygens (including phenoxy) is 1. The Morgan fingerprint density at radius 1 is 1.07 bits per heavy atom. The molecule has 2 rings (SSSR count). The summed E-state index contributed by atoms with van der Waals surface area (Å²) in [6.45, 7) is 3.55. The highest BCUT2D eigenvalue weighted by molar-refractivity contribution is 6.42. The summed E-state index contributed by atoms with van der Waals surface area (Å²) in [5.41, 5.74) is 1.09. The lowest BCUT2D eigenvalue weighted by Gasteiger charge is -2.21. The van der Waals surface area contributed by atoms with Gasteiger partial charge >= 0.3 is 5.97 Å². The molecule has 0 aliphatic carbocycles. The van der Waals surface area contributed by atoms with Crippen molar-refractivity contribution >= 4 is 52.4 Å². The summed E-state index contributed by atoms with van der Waals surface area (Å²) >= 11 is 17.9. The highest BCUT2D eigenvalue weighted by Gasteiger charge is 2.28. The van der Waals surface area contributed by atoms with E-state index < -0.39 is 24.4 Å². The minimum absolute atomic E-state index is 0.0723. The smallest absolute Gasteiger partial charge is 0.314 e. The van der Waals surface area contributed by atoms with E-state index >= 15 is 0 Å². The molecule has 0 heterocycles. The maximum Gasteiger partial charge on any atom is 0.314 e. The first-order chi connectivity index (χ1) is 12.8. The zero-order chi connectivity index (χ0) is 20.0. The molecule has 0 radical (unpaired) electrons. The molecule has 0 bridgehead atoms. The van der Waals surface area contributed by atoms with Gasteiger partial charge in [-0.1, -0.05) is 85.4 Å². The topological polar surface area (TPSA) is 55.4 Å². The van der Waals surface area contributed by atoms with Gasteiger partial charge in [-0.2, -0.15) is 0 Å². The van der Waals surface area contributed by atoms with Crippen LogP contribution in [0.15, 0.2) is 42.5 Å². The van der Waals surface area contributed by atoms with Crippen LogP contribution in [-0.4, -0.2) is 18.5 Å². The molecule has 0 spiro atoms. The summed E-state index contributed by atoms with van der Waals surface area (Å²) in [6, 6.07) is 12.3. The average Bonchev–Trinajstić information content (AvgIpc) is 2.63. The molecule has 0 aliphatic heterocycles. The Morgan fingerprint density at radius 3 is 2.22 bits per heavy atom. The van der Waals surface area contributed by atoms with Crippen molar-refractivity contribution in [2.45, 2.75) is 26.2 Å². The molecule has 0 aromatic heterocycles. The van der Waals surface area contributed by atoms with Crippen molar-refractivity contribution in [3.63, 3.8) is 0 Å². The van der Waals surface area contributed by atoms with Crippen LogP contribution in [-0.2, 0) is 14.3 Å². The molecule has 27 heavy (non-hydrogen) atoms. The van der Waals surface area contributed by atoms with Crippen LogP contribution in [0.1, 0.15) is 31.7 Å². The number of anilines is 1. The van der Waals surface area contributed by atoms with Gasteiger partial charge in [0.1, 0.15) is 0 Å². The van der Waals surface area contributed by atoms with Crippen LogP contribution in [0.5, 0.6) is 0 Å². The zero-order valence-electron chi connectivity index (χ0n) is 15.0. The summed E-state index contributed by atoms with van der Waals surface area (Å²) < 4.78 is 5.26. The molecular weight excluding hydrogens is 409 g/mol. The van der Waals surface area contributed by atoms with Crippen molar-refractivity contribution in [3.05, 3.63) is 63.1 Å². The maximum atomic E-state index is 12.6. The van der Waals surface area contributed by atoms with Crippen molar-refractivity contribution in [1.29, 1.82) is 0 Å². The molecule has 0 fully saturated rings. The second-order valence-corrected chi connectivity index (χ2v) is 7.43. The van der Waals surface area contributed by atoms with E-state index in [1.807, 2.05) is 44.2 Å². The first-order valence-corrected chi connectivity index (χ1v) is 9.62. The number of nitrogens with one attached hydrogen (secondary N) is 1. The van der Waals surface area contributed by atoms with Gasteiger partial charge in [0, 0.05) is 5.02 Å². The summed E-state index contributed by atoms with van der Waals surface area (Å²) in [6.07, 6.45) is 0.802. The van der Waals surface area contributed by atoms with Crippen molar-refractivity contribution in [3.8, 4) is 0 Å². The molecular formula is C20H20Cl3NO3. The SMILES string of the molecule is CCC(C)C(C(=O)OCC(=O)Nc1c(Cl)cc(Cl)cc1Cl)c1ccccc1. The van der Waals surface area contributed by atoms with Gasteiger partial charge in [0.05, 0.1) is 21.7 Å². The minimum atomic E-state index is -0.537. The third kappa shape index (κ3) is 5.86. The maximum absolute atomic E-state index is 12.6. The second-order valence-electron chi connectivity index (χ2n) is 6.17. The van der Waals surface area contributed by atoms with Gasteiger partial charge in [-0.25, -0.2) is 0 Å². The molecule has 7 heteroatoms. The molecule has 2 aromatic carbocycles. The first-order valence-electron chi connectivity index (χ1n) is 8.49. The van der Waals surface area contributed by atoms with Crippen molar-refractivity contribution in [2.75, 3.05) is 11.9 Å². The number of carbonyl (C=O) groups is 2. The van der Waals surface area contributed by atoms with Crippen LogP contribution in [0.25, 0.3) is 0 Å². The first kappa shape index (κ1) is 21.5. The molecule has 1 N–H and O–H groups in total. The van der Waals surface area contributed by atoms with Gasteiger partial charge in [0.2, 0.25) is 0 Å². The van der Waals surface area contributed by atoms with E-state index in [0.29, 0.717) is 5.02 Å². The monoisotopic (exact) mass is 427 g/mol. The lowest BCUT2D eigenvalue weighted by molar-refractivity contribution is -0.150. The molecule has 1 amide bonds. The minimum Gasteiger partial charge on any atom is -0.455 e. The van der Waals surface area contributed by atoms with E-state index in [-0.39, 0.29) is 21.7 Å². The van der Waals surface area contributed by atoms with Crippen molar-refractivity contribution < 1.29 is 14.3 Å². The van der Waals surface area contributed by atoms with E-state index in [0.717, 1.165) is 12.0 Å². The summed E-state index contributed by atoms with van der Waals surface area (Å²) in [5.74, 6) is -1.35. The van der Waals surface area contributed by atoms with E-state index in [9.17, 15) is 9.59 Å². The molecule has 2 atom stereocenters. The van der Waals surface area contributed by atoms with Crippen LogP contribution < -0.4 is 5.32 Å². The van der Waals surface area contributed by atoms with Crippen LogP contribution in [0.3, 0.4) is 0 Å². The Balaban J connectivity index is 2.04. The Hall–Kier alpha value is -1.75. The number of rotatable bonds is 7. The van der Waals surface area contributed by atoms with Gasteiger partial charge in [0.25, 0.3) is 5.91 Å². The highest BCUT2D eigenvalue weighted by Crippen LogP contribution is 2.33. The lowest BCUT2D eigenvalue weighted by atomic mass is 9.86. The predicted octanol–water partition coefficient (Wildman–Crippen LogP) is 5.96. The number of amides is 1. The van der Waals surface area contributed by atoms with Gasteiger partial charge in [-0.15, -0.1) is 0 Å². The molecule has 0 saturated carbocycles. The third-order valence-corrected chi connectivity index (χ3v) is 5.06. The normalized spacial score (nSPS) is 12.9. The number of carbonyl (C=O) groups excluding carboxylic acids is 2. The number of benzene rings is 2. The van der Waals surface area contributed by atoms with Crippen LogP contribution in [0, 0.1) is 5.92 Å². The highest BCUT2D eigenvalue weighted by atomic mass is 35.5. The van der Waals surface area contributed by atoms with E-state index in [2.05, 4.69) is 5.32 Å². The van der Waals surface area contributed by atoms with Gasteiger partial charge < -0.3 is 10.1 Å². The summed E-state index contributed by atoms with van der Waals surface area (Å²) in [4.78, 5) is 24.8. The van der Waals surface area contributed by atoms with Crippen LogP contribution >= 0.6 is 34.8 Å². The predicted molar refractivity (Wildman–Crippen MR) is 110 cm³/mol. The van der Waals surface area contributed by atoms with Gasteiger partial charge in [-0.05, 0) is 23.6 Å². The number of halogens is 3. The van der Waals surface area contributed by atoms with Crippen molar-refractivity contribution in [2.24, 2.45) is 5.92 Å². The van der Waals surface area contributed by atoms with E-state index in [1.165, 1.54) is 12.1 Å². The number of hydrogen-bond donors (Lipinski definition) is 1. The number of esters is 1. The molecule has 0 aliphatic rings. The molecule has 2 aromatic rings. The van der Waals surface area contributed by atoms with Crippen LogP contribution in [0.4, 0.5) is 5.69 Å². The molecule has 4 nitrogen and oxygen atoms in total. The fraction of sp³-hybridized carbons (Fsp3) is 0.300. The zero-order valence-corrected chi connectivity index (χ0v) is 17.2. The average molecular weight is 429 g/mol. The van der Waals surface area contributed by atoms with Crippen LogP contribution in [0.2, 0.25) is 15.1 Å². The molecule has 144 valence electrons.